The molecule has 2 aliphatic heterocycles. The second kappa shape index (κ2) is 9.56. The van der Waals surface area contributed by atoms with Gasteiger partial charge < -0.3 is 15.3 Å². The number of phenolic OH excluding ortho intramolecular Hbond substituents is 1. The highest BCUT2D eigenvalue weighted by Gasteiger charge is 2.32. The minimum atomic E-state index is 0.0715. The van der Waals surface area contributed by atoms with Crippen molar-refractivity contribution in [2.75, 3.05) is 39.3 Å². The van der Waals surface area contributed by atoms with Crippen molar-refractivity contribution in [1.29, 1.82) is 0 Å². The molecule has 150 valence electrons. The van der Waals surface area contributed by atoms with E-state index in [9.17, 15) is 9.90 Å². The van der Waals surface area contributed by atoms with Gasteiger partial charge in [0.05, 0.1) is 5.92 Å². The van der Waals surface area contributed by atoms with Crippen molar-refractivity contribution in [1.82, 2.24) is 15.1 Å². The van der Waals surface area contributed by atoms with Crippen molar-refractivity contribution in [2.45, 2.75) is 39.7 Å². The predicted octanol–water partition coefficient (Wildman–Crippen LogP) is 2.70. The lowest BCUT2D eigenvalue weighted by Crippen LogP contribution is -2.48. The fourth-order valence-electron chi connectivity index (χ4n) is 4.39. The van der Waals surface area contributed by atoms with Crippen LogP contribution in [-0.2, 0) is 11.3 Å². The highest BCUT2D eigenvalue weighted by Crippen LogP contribution is 2.26. The number of amides is 1. The minimum absolute atomic E-state index is 0.0715. The van der Waals surface area contributed by atoms with E-state index in [2.05, 4.69) is 29.0 Å². The van der Waals surface area contributed by atoms with E-state index in [4.69, 9.17) is 0 Å². The molecule has 0 saturated carbocycles. The molecular weight excluding hydrogens is 338 g/mol. The highest BCUT2D eigenvalue weighted by molar-refractivity contribution is 5.79. The summed E-state index contributed by atoms with van der Waals surface area (Å²) >= 11 is 0. The molecule has 2 saturated heterocycles. The van der Waals surface area contributed by atoms with Gasteiger partial charge in [0.25, 0.3) is 0 Å². The summed E-state index contributed by atoms with van der Waals surface area (Å²) in [7, 11) is 0. The number of rotatable bonds is 7. The van der Waals surface area contributed by atoms with Crippen LogP contribution in [0.25, 0.3) is 0 Å². The number of hydrogen-bond acceptors (Lipinski definition) is 4. The van der Waals surface area contributed by atoms with Crippen LogP contribution >= 0.6 is 0 Å². The second-order valence-corrected chi connectivity index (χ2v) is 8.81. The molecule has 2 fully saturated rings. The Bertz CT molecular complexity index is 596. The highest BCUT2D eigenvalue weighted by atomic mass is 16.3. The molecule has 0 aromatic heterocycles. The van der Waals surface area contributed by atoms with Crippen molar-refractivity contribution in [3.8, 4) is 5.75 Å². The maximum Gasteiger partial charge on any atom is 0.224 e. The van der Waals surface area contributed by atoms with Gasteiger partial charge in [-0.2, -0.15) is 0 Å². The average molecular weight is 374 g/mol. The number of hydrogen-bond donors (Lipinski definition) is 2. The van der Waals surface area contributed by atoms with Gasteiger partial charge in [0.15, 0.2) is 0 Å². The first-order valence-corrected chi connectivity index (χ1v) is 10.5. The van der Waals surface area contributed by atoms with Crippen LogP contribution in [0, 0.1) is 17.8 Å². The van der Waals surface area contributed by atoms with Crippen molar-refractivity contribution in [2.24, 2.45) is 17.8 Å². The Kier molecular flexibility index (Phi) is 7.13. The Morgan fingerprint density at radius 1 is 1.15 bits per heavy atom. The number of piperidine rings is 1. The van der Waals surface area contributed by atoms with Gasteiger partial charge in [-0.1, -0.05) is 26.0 Å². The number of aromatic hydroxyl groups is 1. The van der Waals surface area contributed by atoms with Gasteiger partial charge >= 0.3 is 0 Å². The van der Waals surface area contributed by atoms with Crippen molar-refractivity contribution < 1.29 is 9.90 Å². The molecule has 27 heavy (non-hydrogen) atoms. The van der Waals surface area contributed by atoms with Gasteiger partial charge in [0.2, 0.25) is 5.91 Å². The van der Waals surface area contributed by atoms with E-state index in [1.54, 1.807) is 12.1 Å². The van der Waals surface area contributed by atoms with E-state index in [0.29, 0.717) is 17.6 Å². The Labute approximate surface area is 163 Å². The molecule has 0 radical (unpaired) electrons. The summed E-state index contributed by atoms with van der Waals surface area (Å²) in [4.78, 5) is 17.7. The zero-order valence-electron chi connectivity index (χ0n) is 16.9. The van der Waals surface area contributed by atoms with Crippen LogP contribution < -0.4 is 5.32 Å². The molecule has 0 bridgehead atoms. The molecule has 0 unspecified atom stereocenters. The standard InChI is InChI=1S/C22H35N3O2/c1-17(2)12-23-22(27)20-11-19(14-24-9-3-4-10-24)15-25(16-20)13-18-5-7-21(26)8-6-18/h5-8,17,19-20,26H,3-4,9-16H2,1-2H3,(H,23,27)/t19-,20-/m1/s1. The Hall–Kier alpha value is -1.59. The lowest BCUT2D eigenvalue weighted by molar-refractivity contribution is -0.127. The summed E-state index contributed by atoms with van der Waals surface area (Å²) in [5.74, 6) is 1.61. The van der Waals surface area contributed by atoms with Crippen LogP contribution in [0.15, 0.2) is 24.3 Å². The van der Waals surface area contributed by atoms with Crippen LogP contribution in [0.3, 0.4) is 0 Å². The molecule has 1 aromatic rings. The van der Waals surface area contributed by atoms with Gasteiger partial charge in [0, 0.05) is 32.7 Å². The third kappa shape index (κ3) is 6.22. The van der Waals surface area contributed by atoms with E-state index in [0.717, 1.165) is 39.1 Å². The summed E-state index contributed by atoms with van der Waals surface area (Å²) in [6.45, 7) is 11.3. The van der Waals surface area contributed by atoms with E-state index in [-0.39, 0.29) is 11.8 Å². The van der Waals surface area contributed by atoms with E-state index >= 15 is 0 Å². The first kappa shape index (κ1) is 20.2. The van der Waals surface area contributed by atoms with Gasteiger partial charge in [0.1, 0.15) is 5.75 Å². The molecule has 5 nitrogen and oxygen atoms in total. The molecule has 2 aliphatic rings. The van der Waals surface area contributed by atoms with Crippen LogP contribution in [0.2, 0.25) is 0 Å². The third-order valence-electron chi connectivity index (χ3n) is 5.73. The Morgan fingerprint density at radius 2 is 1.85 bits per heavy atom. The van der Waals surface area contributed by atoms with Crippen LogP contribution in [0.1, 0.15) is 38.7 Å². The number of nitrogens with one attached hydrogen (secondary N) is 1. The van der Waals surface area contributed by atoms with Crippen LogP contribution in [0.4, 0.5) is 0 Å². The van der Waals surface area contributed by atoms with Crippen molar-refractivity contribution in [3.63, 3.8) is 0 Å². The van der Waals surface area contributed by atoms with E-state index in [1.807, 2.05) is 12.1 Å². The molecule has 1 aromatic carbocycles. The summed E-state index contributed by atoms with van der Waals surface area (Å²) in [5, 5.41) is 12.7. The zero-order chi connectivity index (χ0) is 19.2. The number of phenols is 1. The largest absolute Gasteiger partial charge is 0.508 e. The van der Waals surface area contributed by atoms with E-state index < -0.39 is 0 Å². The SMILES string of the molecule is CC(C)CNC(=O)[C@@H]1C[C@H](CN2CCCC2)CN(Cc2ccc(O)cc2)C1. The van der Waals surface area contributed by atoms with Gasteiger partial charge in [-0.15, -0.1) is 0 Å². The lowest BCUT2D eigenvalue weighted by atomic mass is 9.87. The minimum Gasteiger partial charge on any atom is -0.508 e. The number of carbonyl (C=O) groups excluding carboxylic acids is 1. The molecule has 2 atom stereocenters. The topological polar surface area (TPSA) is 55.8 Å². The smallest absolute Gasteiger partial charge is 0.224 e. The predicted molar refractivity (Wildman–Crippen MR) is 109 cm³/mol. The van der Waals surface area contributed by atoms with Crippen LogP contribution in [0.5, 0.6) is 5.75 Å². The number of benzene rings is 1. The normalized spacial score (nSPS) is 24.4. The van der Waals surface area contributed by atoms with Gasteiger partial charge in [-0.05, 0) is 61.9 Å². The molecule has 2 heterocycles. The molecule has 2 N–H and O–H groups in total. The zero-order valence-corrected chi connectivity index (χ0v) is 16.9. The Balaban J connectivity index is 1.63. The summed E-state index contributed by atoms with van der Waals surface area (Å²) in [5.41, 5.74) is 1.19. The monoisotopic (exact) mass is 373 g/mol. The number of nitrogens with zero attached hydrogens (tertiary/aromatic N) is 2. The Morgan fingerprint density at radius 3 is 2.52 bits per heavy atom. The molecule has 1 amide bonds. The summed E-state index contributed by atoms with van der Waals surface area (Å²) < 4.78 is 0. The van der Waals surface area contributed by atoms with Crippen molar-refractivity contribution in [3.05, 3.63) is 29.8 Å². The molecular formula is C22H35N3O2. The summed E-state index contributed by atoms with van der Waals surface area (Å²) in [6, 6.07) is 7.45. The first-order chi connectivity index (χ1) is 13.0. The van der Waals surface area contributed by atoms with E-state index in [1.165, 1.54) is 31.5 Å². The molecule has 5 heteroatoms. The maximum absolute atomic E-state index is 12.7. The average Bonchev–Trinajstić information content (AvgIpc) is 3.14. The quantitative estimate of drug-likeness (QED) is 0.772. The van der Waals surface area contributed by atoms with Gasteiger partial charge in [-0.25, -0.2) is 0 Å². The number of carbonyl (C=O) groups is 1. The van der Waals surface area contributed by atoms with Gasteiger partial charge in [-0.3, -0.25) is 9.69 Å². The molecule has 3 rings (SSSR count). The fraction of sp³-hybridized carbons (Fsp3) is 0.682. The fourth-order valence-corrected chi connectivity index (χ4v) is 4.39. The van der Waals surface area contributed by atoms with Crippen molar-refractivity contribution >= 4 is 5.91 Å². The third-order valence-corrected chi connectivity index (χ3v) is 5.73. The maximum atomic E-state index is 12.7. The molecule has 0 aliphatic carbocycles. The molecule has 0 spiro atoms. The van der Waals surface area contributed by atoms with Crippen LogP contribution in [-0.4, -0.2) is 60.1 Å². The number of likely N-dealkylation sites (tertiary alicyclic amines) is 2. The lowest BCUT2D eigenvalue weighted by Gasteiger charge is -2.38. The summed E-state index contributed by atoms with van der Waals surface area (Å²) in [6.07, 6.45) is 3.61. The first-order valence-electron chi connectivity index (χ1n) is 10.5. The second-order valence-electron chi connectivity index (χ2n) is 8.81.